The van der Waals surface area contributed by atoms with E-state index in [-0.39, 0.29) is 17.9 Å². The van der Waals surface area contributed by atoms with Crippen LogP contribution in [-0.2, 0) is 16.6 Å². The third-order valence-corrected chi connectivity index (χ3v) is 7.71. The number of carbonyl (C=O) groups excluding carboxylic acids is 1. The molecule has 1 aromatic heterocycles. The number of aromatic nitrogens is 1. The van der Waals surface area contributed by atoms with Crippen LogP contribution in [0.4, 0.5) is 26.2 Å². The van der Waals surface area contributed by atoms with E-state index < -0.39 is 10.0 Å². The van der Waals surface area contributed by atoms with Crippen molar-refractivity contribution in [2.45, 2.75) is 32.4 Å². The van der Waals surface area contributed by atoms with Gasteiger partial charge in [-0.2, -0.15) is 0 Å². The molecule has 0 saturated carbocycles. The van der Waals surface area contributed by atoms with Gasteiger partial charge in [0.1, 0.15) is 11.6 Å². The van der Waals surface area contributed by atoms with Crippen molar-refractivity contribution < 1.29 is 22.3 Å². The predicted molar refractivity (Wildman–Crippen MR) is 167 cm³/mol. The molecule has 9 nitrogen and oxygen atoms in total. The van der Waals surface area contributed by atoms with Crippen molar-refractivity contribution in [3.63, 3.8) is 0 Å². The Kier molecular flexibility index (Phi) is 9.22. The van der Waals surface area contributed by atoms with Gasteiger partial charge in [0.05, 0.1) is 6.26 Å². The summed E-state index contributed by atoms with van der Waals surface area (Å²) in [6.07, 6.45) is 4.48. The lowest BCUT2D eigenvalue weighted by molar-refractivity contribution is 0.199. The molecule has 1 fully saturated rings. The summed E-state index contributed by atoms with van der Waals surface area (Å²) < 4.78 is 44.4. The van der Waals surface area contributed by atoms with Crippen molar-refractivity contribution >= 4 is 33.1 Å². The van der Waals surface area contributed by atoms with Crippen LogP contribution in [0.3, 0.4) is 0 Å². The Bertz CT molecular complexity index is 1640. The van der Waals surface area contributed by atoms with E-state index in [2.05, 4.69) is 19.9 Å². The van der Waals surface area contributed by atoms with E-state index in [9.17, 15) is 17.6 Å². The smallest absolute Gasteiger partial charge is 0.326 e. The van der Waals surface area contributed by atoms with Crippen molar-refractivity contribution in [1.82, 2.24) is 9.88 Å². The molecule has 1 aliphatic heterocycles. The van der Waals surface area contributed by atoms with E-state index >= 15 is 0 Å². The number of amides is 2. The van der Waals surface area contributed by atoms with Crippen LogP contribution in [0.15, 0.2) is 91.1 Å². The molecule has 2 heterocycles. The van der Waals surface area contributed by atoms with Gasteiger partial charge in [-0.1, -0.05) is 18.2 Å². The largest absolute Gasteiger partial charge is 0.439 e. The van der Waals surface area contributed by atoms with Crippen LogP contribution in [0.5, 0.6) is 11.6 Å². The molecule has 43 heavy (non-hydrogen) atoms. The predicted octanol–water partition coefficient (Wildman–Crippen LogP) is 6.40. The minimum absolute atomic E-state index is 0.00595. The molecule has 1 aliphatic rings. The molecule has 0 aliphatic carbocycles. The average Bonchev–Trinajstić information content (AvgIpc) is 2.97. The number of nitrogens with zero attached hydrogens (tertiary/aromatic N) is 3. The van der Waals surface area contributed by atoms with Crippen LogP contribution in [0.2, 0.25) is 0 Å². The Morgan fingerprint density at radius 3 is 2.33 bits per heavy atom. The first-order chi connectivity index (χ1) is 20.6. The third kappa shape index (κ3) is 8.52. The number of nitrogens with one attached hydrogen (secondary N) is 2. The molecule has 2 N–H and O–H groups in total. The zero-order valence-corrected chi connectivity index (χ0v) is 24.9. The van der Waals surface area contributed by atoms with Crippen molar-refractivity contribution in [2.75, 3.05) is 34.3 Å². The first kappa shape index (κ1) is 30.0. The van der Waals surface area contributed by atoms with Crippen molar-refractivity contribution in [1.29, 1.82) is 0 Å². The SMILES string of the molecule is Cc1cccc(N(C(=O)Nc2ccc(F)cc2)C2CCN(Cc3ccc(Oc4ccc(NS(C)(=O)=O)cc4)nc3)CC2)c1. The molecular weight excluding hydrogens is 569 g/mol. The Balaban J connectivity index is 1.18. The van der Waals surface area contributed by atoms with E-state index in [4.69, 9.17) is 4.74 Å². The summed E-state index contributed by atoms with van der Waals surface area (Å²) in [4.78, 5) is 22.1. The first-order valence-corrected chi connectivity index (χ1v) is 15.9. The Hall–Kier alpha value is -4.48. The van der Waals surface area contributed by atoms with Crippen LogP contribution in [-0.4, -0.2) is 49.7 Å². The maximum atomic E-state index is 13.5. The van der Waals surface area contributed by atoms with Crippen molar-refractivity contribution in [3.05, 3.63) is 108 Å². The highest BCUT2D eigenvalue weighted by atomic mass is 32.2. The Labute approximate surface area is 251 Å². The molecule has 5 rings (SSSR count). The highest BCUT2D eigenvalue weighted by Crippen LogP contribution is 2.27. The van der Waals surface area contributed by atoms with Gasteiger partial charge in [-0.3, -0.25) is 14.5 Å². The normalized spacial score (nSPS) is 14.2. The summed E-state index contributed by atoms with van der Waals surface area (Å²) in [5, 5.41) is 2.93. The molecule has 224 valence electrons. The van der Waals surface area contributed by atoms with E-state index in [0.29, 0.717) is 23.0 Å². The number of rotatable bonds is 9. The number of sulfonamides is 1. The number of aryl methyl sites for hydroxylation is 1. The molecule has 0 atom stereocenters. The second-order valence-electron chi connectivity index (χ2n) is 10.7. The maximum Gasteiger partial charge on any atom is 0.326 e. The lowest BCUT2D eigenvalue weighted by Gasteiger charge is -2.38. The molecule has 2 amide bonds. The molecule has 3 aromatic carbocycles. The van der Waals surface area contributed by atoms with Crippen molar-refractivity contribution in [2.24, 2.45) is 0 Å². The average molecular weight is 604 g/mol. The van der Waals surface area contributed by atoms with Crippen LogP contribution in [0.1, 0.15) is 24.0 Å². The number of urea groups is 1. The van der Waals surface area contributed by atoms with Gasteiger partial charge in [0, 0.05) is 55.0 Å². The van der Waals surface area contributed by atoms with E-state index in [1.165, 1.54) is 12.1 Å². The number of hydrogen-bond donors (Lipinski definition) is 2. The number of likely N-dealkylation sites (tertiary alicyclic amines) is 1. The van der Waals surface area contributed by atoms with Gasteiger partial charge in [0.25, 0.3) is 0 Å². The second kappa shape index (κ2) is 13.2. The fraction of sp³-hybridized carbons (Fsp3) is 0.250. The lowest BCUT2D eigenvalue weighted by Crippen LogP contribution is -2.49. The van der Waals surface area contributed by atoms with Gasteiger partial charge in [-0.15, -0.1) is 0 Å². The number of carbonyl (C=O) groups is 1. The molecule has 0 unspecified atom stereocenters. The van der Waals surface area contributed by atoms with Gasteiger partial charge >= 0.3 is 6.03 Å². The maximum absolute atomic E-state index is 13.5. The number of piperidine rings is 1. The highest BCUT2D eigenvalue weighted by molar-refractivity contribution is 7.92. The third-order valence-electron chi connectivity index (χ3n) is 7.10. The van der Waals surface area contributed by atoms with Crippen molar-refractivity contribution in [3.8, 4) is 11.6 Å². The Morgan fingerprint density at radius 2 is 1.70 bits per heavy atom. The number of pyridine rings is 1. The summed E-state index contributed by atoms with van der Waals surface area (Å²) >= 11 is 0. The first-order valence-electron chi connectivity index (χ1n) is 14.0. The highest BCUT2D eigenvalue weighted by Gasteiger charge is 2.29. The summed E-state index contributed by atoms with van der Waals surface area (Å²) in [5.74, 6) is 0.629. The summed E-state index contributed by atoms with van der Waals surface area (Å²) in [5.41, 5.74) is 3.94. The van der Waals surface area contributed by atoms with Crippen LogP contribution in [0.25, 0.3) is 0 Å². The summed E-state index contributed by atoms with van der Waals surface area (Å²) in [6.45, 7) is 4.34. The van der Waals surface area contributed by atoms with Crippen LogP contribution in [0, 0.1) is 12.7 Å². The number of hydrogen-bond acceptors (Lipinski definition) is 6. The van der Waals surface area contributed by atoms with Gasteiger partial charge in [0.15, 0.2) is 0 Å². The molecular formula is C32H34FN5O4S. The zero-order chi connectivity index (χ0) is 30.4. The lowest BCUT2D eigenvalue weighted by atomic mass is 10.0. The molecule has 0 bridgehead atoms. The standard InChI is InChI=1S/C32H34FN5O4S/c1-23-4-3-5-29(20-23)38(32(39)35-26-9-7-25(33)8-10-26)28-16-18-37(19-17-28)22-24-6-15-31(34-21-24)42-30-13-11-27(12-14-30)36-43(2,40)41/h3-15,20-21,28,36H,16-19,22H2,1-2H3,(H,35,39). The topological polar surface area (TPSA) is 104 Å². The van der Waals surface area contributed by atoms with Gasteiger partial charge in [-0.05, 0) is 91.6 Å². The van der Waals surface area contributed by atoms with E-state index in [0.717, 1.165) is 55.5 Å². The van der Waals surface area contributed by atoms with E-state index in [1.807, 2.05) is 48.2 Å². The number of halogens is 1. The summed E-state index contributed by atoms with van der Waals surface area (Å²) in [7, 11) is -3.34. The number of ether oxygens (including phenoxy) is 1. The van der Waals surface area contributed by atoms with Gasteiger partial charge in [-0.25, -0.2) is 22.6 Å². The second-order valence-corrected chi connectivity index (χ2v) is 12.4. The number of anilines is 3. The fourth-order valence-corrected chi connectivity index (χ4v) is 5.64. The minimum atomic E-state index is -3.34. The van der Waals surface area contributed by atoms with Gasteiger partial charge < -0.3 is 10.1 Å². The van der Waals surface area contributed by atoms with Gasteiger partial charge in [0.2, 0.25) is 15.9 Å². The molecule has 11 heteroatoms. The quantitative estimate of drug-likeness (QED) is 0.230. The molecule has 0 spiro atoms. The molecule has 1 saturated heterocycles. The Morgan fingerprint density at radius 1 is 1.00 bits per heavy atom. The number of benzene rings is 3. The van der Waals surface area contributed by atoms with Crippen LogP contribution < -0.4 is 19.7 Å². The minimum Gasteiger partial charge on any atom is -0.439 e. The fourth-order valence-electron chi connectivity index (χ4n) is 5.07. The van der Waals surface area contributed by atoms with E-state index in [1.54, 1.807) is 42.6 Å². The molecule has 0 radical (unpaired) electrons. The zero-order valence-electron chi connectivity index (χ0n) is 24.0. The summed E-state index contributed by atoms with van der Waals surface area (Å²) in [6, 6.07) is 23.8. The molecule has 4 aromatic rings. The van der Waals surface area contributed by atoms with Crippen LogP contribution >= 0.6 is 0 Å². The monoisotopic (exact) mass is 603 g/mol.